The van der Waals surface area contributed by atoms with Crippen LogP contribution in [0, 0.1) is 0 Å². The average molecular weight is 373 g/mol. The first-order chi connectivity index (χ1) is 13.2. The van der Waals surface area contributed by atoms with E-state index in [-0.39, 0.29) is 0 Å². The minimum Gasteiger partial charge on any atom is -0.427 e. The molecule has 0 aromatic heterocycles. The van der Waals surface area contributed by atoms with Gasteiger partial charge in [0, 0.05) is 11.4 Å². The molecular weight excluding hydrogens is 345 g/mol. The highest BCUT2D eigenvalue weighted by atomic mass is 16.5. The van der Waals surface area contributed by atoms with Crippen molar-refractivity contribution in [1.29, 1.82) is 0 Å². The van der Waals surface area contributed by atoms with Crippen LogP contribution in [-0.2, 0) is 4.65 Å². The molecule has 0 aliphatic heterocycles. The summed E-state index contributed by atoms with van der Waals surface area (Å²) in [6, 6.07) is 27.0. The number of nitrogens with one attached hydrogen (secondary N) is 1. The molecule has 0 saturated heterocycles. The lowest BCUT2D eigenvalue weighted by Crippen LogP contribution is -2.49. The summed E-state index contributed by atoms with van der Waals surface area (Å²) in [5.74, 6) is 0. The van der Waals surface area contributed by atoms with Crippen molar-refractivity contribution in [2.24, 2.45) is 0 Å². The zero-order chi connectivity index (χ0) is 20.2. The molecule has 3 aromatic rings. The average Bonchev–Trinajstić information content (AvgIpc) is 2.68. The van der Waals surface area contributed by atoms with Gasteiger partial charge in [0.05, 0.1) is 11.2 Å². The largest absolute Gasteiger partial charge is 0.427 e. The van der Waals surface area contributed by atoms with Gasteiger partial charge in [-0.2, -0.15) is 0 Å². The van der Waals surface area contributed by atoms with Gasteiger partial charge in [0.2, 0.25) is 0 Å². The number of rotatable bonds is 7. The van der Waals surface area contributed by atoms with Crippen molar-refractivity contribution in [1.82, 2.24) is 0 Å². The fraction of sp³-hybridized carbons (Fsp3) is 0.250. The number of hydrogen-bond acceptors (Lipinski definition) is 3. The zero-order valence-corrected chi connectivity index (χ0v) is 17.1. The van der Waals surface area contributed by atoms with Crippen LogP contribution in [0.15, 0.2) is 78.9 Å². The molecule has 0 heterocycles. The summed E-state index contributed by atoms with van der Waals surface area (Å²) >= 11 is 0. The maximum atomic E-state index is 10.2. The van der Waals surface area contributed by atoms with Gasteiger partial charge in [0.25, 0.3) is 0 Å². The molecule has 0 atom stereocenters. The Hall–Kier alpha value is -2.56. The second-order valence-electron chi connectivity index (χ2n) is 8.12. The molecule has 28 heavy (non-hydrogen) atoms. The minimum atomic E-state index is -0.902. The first-order valence-corrected chi connectivity index (χ1v) is 9.62. The van der Waals surface area contributed by atoms with Crippen LogP contribution in [0.1, 0.15) is 27.7 Å². The lowest BCUT2D eigenvalue weighted by Gasteiger charge is -2.37. The van der Waals surface area contributed by atoms with E-state index in [2.05, 4.69) is 53.8 Å². The van der Waals surface area contributed by atoms with Crippen LogP contribution in [0.2, 0.25) is 0 Å². The van der Waals surface area contributed by atoms with E-state index < -0.39 is 11.2 Å². The fourth-order valence-electron chi connectivity index (χ4n) is 2.67. The van der Waals surface area contributed by atoms with Crippen molar-refractivity contribution in [2.45, 2.75) is 38.9 Å². The molecule has 0 spiro atoms. The lowest BCUT2D eigenvalue weighted by molar-refractivity contribution is -0.0893. The maximum Gasteiger partial charge on any atom is 0.309 e. The van der Waals surface area contributed by atoms with E-state index in [9.17, 15) is 5.11 Å². The number of anilines is 2. The third kappa shape index (κ3) is 5.03. The summed E-state index contributed by atoms with van der Waals surface area (Å²) in [5.41, 5.74) is 4.04. The molecule has 0 unspecified atom stereocenters. The van der Waals surface area contributed by atoms with Crippen LogP contribution < -0.4 is 10.8 Å². The van der Waals surface area contributed by atoms with Crippen LogP contribution in [0.5, 0.6) is 0 Å². The molecule has 4 heteroatoms. The molecule has 3 rings (SSSR count). The Kier molecular flexibility index (Phi) is 5.92. The fourth-order valence-corrected chi connectivity index (χ4v) is 2.67. The minimum absolute atomic E-state index is 0.461. The quantitative estimate of drug-likeness (QED) is 0.593. The smallest absolute Gasteiger partial charge is 0.309 e. The summed E-state index contributed by atoms with van der Waals surface area (Å²) < 4.78 is 5.92. The molecule has 0 bridgehead atoms. The molecule has 0 aliphatic carbocycles. The summed E-state index contributed by atoms with van der Waals surface area (Å²) in [6.45, 7) is 7.34. The zero-order valence-electron chi connectivity index (χ0n) is 17.1. The SMILES string of the molecule is CC(C)(O)C(C)(C)OBc1ccc(Nc2ccc(-c3ccccc3)cc2)cc1. The molecule has 0 amide bonds. The van der Waals surface area contributed by atoms with Crippen LogP contribution in [0.4, 0.5) is 11.4 Å². The molecule has 0 radical (unpaired) electrons. The third-order valence-electron chi connectivity index (χ3n) is 5.31. The number of hydrogen-bond donors (Lipinski definition) is 2. The maximum absolute atomic E-state index is 10.2. The van der Waals surface area contributed by atoms with Crippen LogP contribution >= 0.6 is 0 Å². The van der Waals surface area contributed by atoms with Crippen LogP contribution in [0.3, 0.4) is 0 Å². The van der Waals surface area contributed by atoms with Crippen molar-refractivity contribution in [3.05, 3.63) is 78.9 Å². The van der Waals surface area contributed by atoms with Crippen molar-refractivity contribution in [2.75, 3.05) is 5.32 Å². The van der Waals surface area contributed by atoms with Gasteiger partial charge in [0.1, 0.15) is 0 Å². The van der Waals surface area contributed by atoms with Crippen LogP contribution in [0.25, 0.3) is 11.1 Å². The summed E-state index contributed by atoms with van der Waals surface area (Å²) in [5, 5.41) is 13.6. The van der Waals surface area contributed by atoms with Crippen molar-refractivity contribution < 1.29 is 9.76 Å². The second kappa shape index (κ2) is 8.21. The van der Waals surface area contributed by atoms with E-state index in [1.807, 2.05) is 44.2 Å². The number of aliphatic hydroxyl groups is 1. The summed E-state index contributed by atoms with van der Waals surface area (Å²) in [7, 11) is 0.461. The van der Waals surface area contributed by atoms with Gasteiger partial charge in [-0.3, -0.25) is 0 Å². The predicted octanol–water partition coefficient (Wildman–Crippen LogP) is 4.64. The van der Waals surface area contributed by atoms with Gasteiger partial charge in [-0.15, -0.1) is 0 Å². The monoisotopic (exact) mass is 373 g/mol. The second-order valence-corrected chi connectivity index (χ2v) is 8.12. The van der Waals surface area contributed by atoms with E-state index in [1.165, 1.54) is 11.1 Å². The first-order valence-electron chi connectivity index (χ1n) is 9.62. The van der Waals surface area contributed by atoms with E-state index >= 15 is 0 Å². The Morgan fingerprint density at radius 3 is 1.75 bits per heavy atom. The first kappa shape index (κ1) is 20.2. The van der Waals surface area contributed by atoms with E-state index in [4.69, 9.17) is 4.65 Å². The van der Waals surface area contributed by atoms with Gasteiger partial charge < -0.3 is 15.1 Å². The highest BCUT2D eigenvalue weighted by molar-refractivity contribution is 6.47. The van der Waals surface area contributed by atoms with Crippen molar-refractivity contribution in [3.8, 4) is 11.1 Å². The van der Waals surface area contributed by atoms with Gasteiger partial charge in [-0.1, -0.05) is 60.1 Å². The highest BCUT2D eigenvalue weighted by Gasteiger charge is 2.35. The Morgan fingerprint density at radius 2 is 1.21 bits per heavy atom. The van der Waals surface area contributed by atoms with Gasteiger partial charge in [0.15, 0.2) is 0 Å². The van der Waals surface area contributed by atoms with Crippen molar-refractivity contribution >= 4 is 24.3 Å². The molecular formula is C24H28BNO2. The Balaban J connectivity index is 1.60. The lowest BCUT2D eigenvalue weighted by atomic mass is 9.82. The predicted molar refractivity (Wildman–Crippen MR) is 120 cm³/mol. The standard InChI is InChI=1S/C24H28BNO2/c1-23(2,27)24(3,4)28-25-20-12-16-22(17-13-20)26-21-14-10-19(11-15-21)18-8-6-5-7-9-18/h5-17,25-27H,1-4H3. The molecule has 2 N–H and O–H groups in total. The Morgan fingerprint density at radius 1 is 0.714 bits per heavy atom. The van der Waals surface area contributed by atoms with Crippen LogP contribution in [-0.4, -0.2) is 23.8 Å². The van der Waals surface area contributed by atoms with E-state index in [0.29, 0.717) is 7.48 Å². The molecule has 0 saturated carbocycles. The molecule has 3 aromatic carbocycles. The van der Waals surface area contributed by atoms with Gasteiger partial charge in [-0.05, 0) is 63.1 Å². The normalized spacial score (nSPS) is 11.9. The Bertz CT molecular complexity index is 883. The Labute approximate surface area is 168 Å². The molecule has 144 valence electrons. The number of benzene rings is 3. The summed E-state index contributed by atoms with van der Waals surface area (Å²) in [4.78, 5) is 0. The third-order valence-corrected chi connectivity index (χ3v) is 5.31. The molecule has 3 nitrogen and oxygen atoms in total. The van der Waals surface area contributed by atoms with E-state index in [1.54, 1.807) is 13.8 Å². The van der Waals surface area contributed by atoms with E-state index in [0.717, 1.165) is 16.8 Å². The molecule has 0 aliphatic rings. The molecule has 0 fully saturated rings. The van der Waals surface area contributed by atoms with Gasteiger partial charge in [-0.25, -0.2) is 0 Å². The van der Waals surface area contributed by atoms with Crippen molar-refractivity contribution in [3.63, 3.8) is 0 Å². The van der Waals surface area contributed by atoms with Gasteiger partial charge >= 0.3 is 7.48 Å². The summed E-state index contributed by atoms with van der Waals surface area (Å²) in [6.07, 6.45) is 0. The topological polar surface area (TPSA) is 41.5 Å². The highest BCUT2D eigenvalue weighted by Crippen LogP contribution is 2.25.